The van der Waals surface area contributed by atoms with Gasteiger partial charge in [-0.15, -0.1) is 11.6 Å². The summed E-state index contributed by atoms with van der Waals surface area (Å²) in [6, 6.07) is 18.4. The second-order valence-corrected chi connectivity index (χ2v) is 5.44. The molecule has 0 saturated carbocycles. The predicted octanol–water partition coefficient (Wildman–Crippen LogP) is 3.81. The second-order valence-electron chi connectivity index (χ2n) is 5.17. The van der Waals surface area contributed by atoms with E-state index in [1.807, 2.05) is 35.2 Å². The van der Waals surface area contributed by atoms with Gasteiger partial charge in [0.15, 0.2) is 0 Å². The topological polar surface area (TPSA) is 20.3 Å². The number of carbonyl (C=O) groups is 1. The molecule has 0 spiro atoms. The molecule has 0 unspecified atom stereocenters. The van der Waals surface area contributed by atoms with Crippen molar-refractivity contribution in [3.05, 3.63) is 71.3 Å². The number of amides is 1. The van der Waals surface area contributed by atoms with Gasteiger partial charge in [0.25, 0.3) is 0 Å². The van der Waals surface area contributed by atoms with Crippen LogP contribution in [-0.4, -0.2) is 23.2 Å². The van der Waals surface area contributed by atoms with Gasteiger partial charge in [-0.25, -0.2) is 0 Å². The Hall–Kier alpha value is -1.80. The zero-order valence-corrected chi connectivity index (χ0v) is 13.0. The van der Waals surface area contributed by atoms with E-state index in [0.29, 0.717) is 13.1 Å². The average molecular weight is 302 g/mol. The van der Waals surface area contributed by atoms with Crippen molar-refractivity contribution in [2.45, 2.75) is 19.9 Å². The van der Waals surface area contributed by atoms with Crippen molar-refractivity contribution < 1.29 is 4.79 Å². The Morgan fingerprint density at radius 1 is 1.05 bits per heavy atom. The van der Waals surface area contributed by atoms with E-state index < -0.39 is 0 Å². The fourth-order valence-corrected chi connectivity index (χ4v) is 2.49. The molecule has 0 N–H and O–H groups in total. The third-order valence-electron chi connectivity index (χ3n) is 3.44. The van der Waals surface area contributed by atoms with Crippen LogP contribution in [0.15, 0.2) is 54.6 Å². The number of benzene rings is 2. The first-order valence-electron chi connectivity index (χ1n) is 7.12. The summed E-state index contributed by atoms with van der Waals surface area (Å²) >= 11 is 5.73. The molecule has 0 aliphatic rings. The molecule has 2 rings (SSSR count). The predicted molar refractivity (Wildman–Crippen MR) is 87.5 cm³/mol. The molecule has 2 nitrogen and oxygen atoms in total. The van der Waals surface area contributed by atoms with Crippen molar-refractivity contribution in [2.24, 2.45) is 0 Å². The van der Waals surface area contributed by atoms with Gasteiger partial charge in [-0.05, 0) is 24.5 Å². The number of hydrogen-bond donors (Lipinski definition) is 0. The van der Waals surface area contributed by atoms with Crippen LogP contribution in [0, 0.1) is 6.92 Å². The molecule has 1 amide bonds. The molecular weight excluding hydrogens is 282 g/mol. The maximum absolute atomic E-state index is 12.0. The van der Waals surface area contributed by atoms with Crippen LogP contribution in [0.4, 0.5) is 0 Å². The zero-order chi connectivity index (χ0) is 15.1. The number of halogens is 1. The first-order valence-corrected chi connectivity index (χ1v) is 7.65. The highest BCUT2D eigenvalue weighted by Gasteiger charge is 2.13. The van der Waals surface area contributed by atoms with Crippen LogP contribution in [0.5, 0.6) is 0 Å². The van der Waals surface area contributed by atoms with Crippen LogP contribution in [0.1, 0.15) is 16.7 Å². The van der Waals surface area contributed by atoms with Gasteiger partial charge in [0, 0.05) is 13.1 Å². The summed E-state index contributed by atoms with van der Waals surface area (Å²) in [5, 5.41) is 0. The highest BCUT2D eigenvalue weighted by molar-refractivity contribution is 6.27. The average Bonchev–Trinajstić information content (AvgIpc) is 2.51. The van der Waals surface area contributed by atoms with Gasteiger partial charge in [0.1, 0.15) is 5.88 Å². The number of aryl methyl sites for hydroxylation is 1. The van der Waals surface area contributed by atoms with Gasteiger partial charge in [-0.2, -0.15) is 0 Å². The first kappa shape index (κ1) is 15.6. The molecule has 0 bridgehead atoms. The molecule has 0 fully saturated rings. The molecule has 0 atom stereocenters. The number of carbonyl (C=O) groups excluding carboxylic acids is 1. The Kier molecular flexibility index (Phi) is 5.82. The second kappa shape index (κ2) is 7.84. The monoisotopic (exact) mass is 301 g/mol. The Morgan fingerprint density at radius 2 is 1.76 bits per heavy atom. The Bertz CT molecular complexity index is 583. The molecule has 0 radical (unpaired) electrons. The lowest BCUT2D eigenvalue weighted by Gasteiger charge is -2.22. The van der Waals surface area contributed by atoms with Crippen LogP contribution in [0.25, 0.3) is 0 Å². The molecular formula is C18H20ClNO. The van der Waals surface area contributed by atoms with Crippen molar-refractivity contribution >= 4 is 17.5 Å². The Labute approximate surface area is 131 Å². The summed E-state index contributed by atoms with van der Waals surface area (Å²) in [5.41, 5.74) is 3.57. The molecule has 0 aliphatic heterocycles. The Balaban J connectivity index is 2.03. The van der Waals surface area contributed by atoms with Crippen molar-refractivity contribution in [2.75, 3.05) is 12.4 Å². The number of hydrogen-bond acceptors (Lipinski definition) is 1. The maximum atomic E-state index is 12.0. The fraction of sp³-hybridized carbons (Fsp3) is 0.278. The summed E-state index contributed by atoms with van der Waals surface area (Å²) in [5.74, 6) is 0.00903. The Morgan fingerprint density at radius 3 is 2.43 bits per heavy atom. The standard InChI is InChI=1S/C18H20ClNO/c1-15-6-5-9-17(12-15)14-20(18(21)13-19)11-10-16-7-3-2-4-8-16/h2-9,12H,10-11,13-14H2,1H3. The van der Waals surface area contributed by atoms with Crippen molar-refractivity contribution in [1.82, 2.24) is 4.90 Å². The summed E-state index contributed by atoms with van der Waals surface area (Å²) in [4.78, 5) is 13.8. The SMILES string of the molecule is Cc1cccc(CN(CCc2ccccc2)C(=O)CCl)c1. The quantitative estimate of drug-likeness (QED) is 0.743. The van der Waals surface area contributed by atoms with Gasteiger partial charge >= 0.3 is 0 Å². The van der Waals surface area contributed by atoms with Crippen LogP contribution in [-0.2, 0) is 17.8 Å². The summed E-state index contributed by atoms with van der Waals surface area (Å²) in [6.07, 6.45) is 0.843. The largest absolute Gasteiger partial charge is 0.337 e. The summed E-state index contributed by atoms with van der Waals surface area (Å²) in [6.45, 7) is 3.35. The number of alkyl halides is 1. The van der Waals surface area contributed by atoms with E-state index in [0.717, 1.165) is 12.0 Å². The van der Waals surface area contributed by atoms with Gasteiger partial charge in [-0.1, -0.05) is 60.2 Å². The van der Waals surface area contributed by atoms with E-state index in [9.17, 15) is 4.79 Å². The van der Waals surface area contributed by atoms with Crippen LogP contribution in [0.2, 0.25) is 0 Å². The molecule has 2 aromatic rings. The minimum atomic E-state index is -0.0193. The number of rotatable bonds is 6. The molecule has 3 heteroatoms. The third-order valence-corrected chi connectivity index (χ3v) is 3.66. The fourth-order valence-electron chi connectivity index (χ4n) is 2.32. The van der Waals surface area contributed by atoms with Crippen molar-refractivity contribution in [1.29, 1.82) is 0 Å². The van der Waals surface area contributed by atoms with E-state index in [4.69, 9.17) is 11.6 Å². The lowest BCUT2D eigenvalue weighted by molar-refractivity contribution is -0.129. The summed E-state index contributed by atoms with van der Waals surface area (Å²) in [7, 11) is 0. The van der Waals surface area contributed by atoms with E-state index >= 15 is 0 Å². The molecule has 0 heterocycles. The lowest BCUT2D eigenvalue weighted by Crippen LogP contribution is -2.33. The molecule has 21 heavy (non-hydrogen) atoms. The lowest BCUT2D eigenvalue weighted by atomic mass is 10.1. The van der Waals surface area contributed by atoms with Crippen LogP contribution < -0.4 is 0 Å². The van der Waals surface area contributed by atoms with Gasteiger partial charge in [0.2, 0.25) is 5.91 Å². The smallest absolute Gasteiger partial charge is 0.237 e. The maximum Gasteiger partial charge on any atom is 0.237 e. The minimum Gasteiger partial charge on any atom is -0.337 e. The van der Waals surface area contributed by atoms with Crippen LogP contribution in [0.3, 0.4) is 0 Å². The molecule has 0 saturated heterocycles. The van der Waals surface area contributed by atoms with Crippen molar-refractivity contribution in [3.63, 3.8) is 0 Å². The van der Waals surface area contributed by atoms with Gasteiger partial charge in [0.05, 0.1) is 0 Å². The normalized spacial score (nSPS) is 10.4. The molecule has 0 aromatic heterocycles. The number of nitrogens with zero attached hydrogens (tertiary/aromatic N) is 1. The highest BCUT2D eigenvalue weighted by atomic mass is 35.5. The van der Waals surface area contributed by atoms with E-state index in [-0.39, 0.29) is 11.8 Å². The van der Waals surface area contributed by atoms with Crippen LogP contribution >= 0.6 is 11.6 Å². The molecule has 0 aliphatic carbocycles. The zero-order valence-electron chi connectivity index (χ0n) is 12.3. The van der Waals surface area contributed by atoms with Crippen molar-refractivity contribution in [3.8, 4) is 0 Å². The van der Waals surface area contributed by atoms with E-state index in [1.54, 1.807) is 0 Å². The molecule has 2 aromatic carbocycles. The minimum absolute atomic E-state index is 0.0193. The first-order chi connectivity index (χ1) is 10.2. The van der Waals surface area contributed by atoms with E-state index in [2.05, 4.69) is 31.2 Å². The van der Waals surface area contributed by atoms with E-state index in [1.165, 1.54) is 11.1 Å². The molecule has 110 valence electrons. The highest BCUT2D eigenvalue weighted by Crippen LogP contribution is 2.10. The van der Waals surface area contributed by atoms with Gasteiger partial charge < -0.3 is 4.90 Å². The van der Waals surface area contributed by atoms with Gasteiger partial charge in [-0.3, -0.25) is 4.79 Å². The summed E-state index contributed by atoms with van der Waals surface area (Å²) < 4.78 is 0. The third kappa shape index (κ3) is 4.91.